The maximum atomic E-state index is 5.87. The van der Waals surface area contributed by atoms with Crippen LogP contribution in [0.4, 0.5) is 0 Å². The highest BCUT2D eigenvalue weighted by molar-refractivity contribution is 7.71. The van der Waals surface area contributed by atoms with Crippen LogP contribution < -0.4 is 14.2 Å². The van der Waals surface area contributed by atoms with Crippen molar-refractivity contribution in [3.63, 3.8) is 0 Å². The van der Waals surface area contributed by atoms with Gasteiger partial charge in [-0.25, -0.2) is 5.10 Å². The number of unbranched alkanes of at least 4 members (excludes halogenated alkanes) is 3. The predicted octanol–water partition coefficient (Wildman–Crippen LogP) is 5.37. The monoisotopic (exact) mass is 440 g/mol. The minimum Gasteiger partial charge on any atom is -0.493 e. The van der Waals surface area contributed by atoms with E-state index in [9.17, 15) is 0 Å². The Hall–Kier alpha value is -3.13. The summed E-state index contributed by atoms with van der Waals surface area (Å²) in [5.74, 6) is 2.72. The fraction of sp³-hybridized carbons (Fsp3) is 0.348. The van der Waals surface area contributed by atoms with Crippen molar-refractivity contribution >= 4 is 18.4 Å². The van der Waals surface area contributed by atoms with Crippen LogP contribution in [-0.4, -0.2) is 34.8 Å². The highest BCUT2D eigenvalue weighted by atomic mass is 32.1. The highest BCUT2D eigenvalue weighted by Crippen LogP contribution is 2.28. The Bertz CT molecular complexity index is 1030. The number of hydrogen-bond acceptors (Lipinski definition) is 6. The number of nitrogens with zero attached hydrogens (tertiary/aromatic N) is 3. The molecule has 1 aromatic heterocycles. The smallest absolute Gasteiger partial charge is 0.216 e. The van der Waals surface area contributed by atoms with E-state index < -0.39 is 0 Å². The number of aromatic nitrogens is 3. The fourth-order valence-corrected chi connectivity index (χ4v) is 3.12. The van der Waals surface area contributed by atoms with E-state index in [2.05, 4.69) is 22.2 Å². The summed E-state index contributed by atoms with van der Waals surface area (Å²) in [7, 11) is 1.63. The van der Waals surface area contributed by atoms with Crippen LogP contribution in [0.25, 0.3) is 0 Å². The third-order valence-corrected chi connectivity index (χ3v) is 4.86. The van der Waals surface area contributed by atoms with Gasteiger partial charge in [0.1, 0.15) is 12.4 Å². The molecule has 31 heavy (non-hydrogen) atoms. The molecule has 8 heteroatoms. The number of para-hydroxylation sites is 1. The Balaban J connectivity index is 1.66. The molecule has 1 heterocycles. The molecule has 2 aromatic carbocycles. The van der Waals surface area contributed by atoms with E-state index in [1.165, 1.54) is 19.3 Å². The van der Waals surface area contributed by atoms with E-state index in [-0.39, 0.29) is 6.61 Å². The van der Waals surface area contributed by atoms with Crippen LogP contribution in [-0.2, 0) is 6.61 Å². The SMILES string of the molecule is CCCCCCOc1ccc(/C=N\n2c(COc3ccccc3)n[nH]c2=S)cc1OC. The van der Waals surface area contributed by atoms with Crippen LogP contribution in [0.1, 0.15) is 44.0 Å². The number of rotatable bonds is 12. The summed E-state index contributed by atoms with van der Waals surface area (Å²) >= 11 is 5.30. The van der Waals surface area contributed by atoms with Crippen molar-refractivity contribution in [2.24, 2.45) is 5.10 Å². The van der Waals surface area contributed by atoms with Gasteiger partial charge in [-0.3, -0.25) is 0 Å². The molecule has 0 radical (unpaired) electrons. The first kappa shape index (κ1) is 22.6. The molecule has 0 aliphatic rings. The molecule has 0 atom stereocenters. The molecule has 0 aliphatic carbocycles. The van der Waals surface area contributed by atoms with Crippen LogP contribution in [0.2, 0.25) is 0 Å². The van der Waals surface area contributed by atoms with E-state index in [0.29, 0.717) is 23.0 Å². The number of ether oxygens (including phenoxy) is 3. The fourth-order valence-electron chi connectivity index (χ4n) is 2.92. The van der Waals surface area contributed by atoms with Gasteiger partial charge >= 0.3 is 0 Å². The Morgan fingerprint density at radius 2 is 1.90 bits per heavy atom. The van der Waals surface area contributed by atoms with Gasteiger partial charge in [0, 0.05) is 0 Å². The average molecular weight is 441 g/mol. The summed E-state index contributed by atoms with van der Waals surface area (Å²) in [6.45, 7) is 3.11. The highest BCUT2D eigenvalue weighted by Gasteiger charge is 2.08. The summed E-state index contributed by atoms with van der Waals surface area (Å²) in [6, 6.07) is 15.2. The Labute approximate surface area is 187 Å². The normalized spacial score (nSPS) is 11.0. The second kappa shape index (κ2) is 11.9. The topological polar surface area (TPSA) is 73.7 Å². The zero-order valence-corrected chi connectivity index (χ0v) is 18.7. The van der Waals surface area contributed by atoms with Crippen molar-refractivity contribution in [2.45, 2.75) is 39.2 Å². The molecule has 164 valence electrons. The molecule has 0 bridgehead atoms. The second-order valence-corrected chi connectivity index (χ2v) is 7.31. The number of methoxy groups -OCH3 is 1. The largest absolute Gasteiger partial charge is 0.493 e. The van der Waals surface area contributed by atoms with E-state index in [1.54, 1.807) is 18.0 Å². The van der Waals surface area contributed by atoms with E-state index in [4.69, 9.17) is 26.4 Å². The van der Waals surface area contributed by atoms with Gasteiger partial charge in [0.05, 0.1) is 19.9 Å². The Morgan fingerprint density at radius 1 is 1.06 bits per heavy atom. The first-order valence-electron chi connectivity index (χ1n) is 10.4. The van der Waals surface area contributed by atoms with Crippen LogP contribution >= 0.6 is 12.2 Å². The van der Waals surface area contributed by atoms with E-state index in [0.717, 1.165) is 23.5 Å². The third-order valence-electron chi connectivity index (χ3n) is 4.59. The third kappa shape index (κ3) is 6.68. The molecular formula is C23H28N4O3S. The van der Waals surface area contributed by atoms with Crippen LogP contribution in [0.3, 0.4) is 0 Å². The lowest BCUT2D eigenvalue weighted by Crippen LogP contribution is -2.04. The van der Waals surface area contributed by atoms with Crippen LogP contribution in [0.5, 0.6) is 17.2 Å². The standard InChI is InChI=1S/C23H28N4O3S/c1-3-4-5-9-14-29-20-13-12-18(15-21(20)28-2)16-24-27-22(25-26-23(27)31)17-30-19-10-7-6-8-11-19/h6-8,10-13,15-16H,3-5,9,14,17H2,1-2H3,(H,26,31)/b24-16-. The molecule has 0 saturated carbocycles. The summed E-state index contributed by atoms with van der Waals surface area (Å²) in [5, 5.41) is 11.4. The first-order valence-corrected chi connectivity index (χ1v) is 10.8. The van der Waals surface area contributed by atoms with Gasteiger partial charge < -0.3 is 14.2 Å². The lowest BCUT2D eigenvalue weighted by atomic mass is 10.2. The molecule has 1 N–H and O–H groups in total. The van der Waals surface area contributed by atoms with Crippen molar-refractivity contribution in [3.8, 4) is 17.2 Å². The summed E-state index contributed by atoms with van der Waals surface area (Å²) in [4.78, 5) is 0. The van der Waals surface area contributed by atoms with Gasteiger partial charge in [0.25, 0.3) is 0 Å². The van der Waals surface area contributed by atoms with E-state index >= 15 is 0 Å². The number of benzene rings is 2. The Morgan fingerprint density at radius 3 is 2.68 bits per heavy atom. The molecule has 0 spiro atoms. The number of nitrogens with one attached hydrogen (secondary N) is 1. The van der Waals surface area contributed by atoms with Crippen molar-refractivity contribution < 1.29 is 14.2 Å². The van der Waals surface area contributed by atoms with Gasteiger partial charge in [-0.2, -0.15) is 14.9 Å². The number of H-pyrrole nitrogens is 1. The zero-order chi connectivity index (χ0) is 21.9. The molecule has 0 fully saturated rings. The average Bonchev–Trinajstić information content (AvgIpc) is 3.16. The number of hydrogen-bond donors (Lipinski definition) is 1. The van der Waals surface area contributed by atoms with Gasteiger partial charge in [0.15, 0.2) is 17.3 Å². The minimum atomic E-state index is 0.239. The van der Waals surface area contributed by atoms with Gasteiger partial charge in [-0.15, -0.1) is 0 Å². The van der Waals surface area contributed by atoms with Gasteiger partial charge in [0.2, 0.25) is 4.77 Å². The molecule has 0 saturated heterocycles. The second-order valence-electron chi connectivity index (χ2n) is 6.92. The lowest BCUT2D eigenvalue weighted by Gasteiger charge is -2.11. The quantitative estimate of drug-likeness (QED) is 0.233. The predicted molar refractivity (Wildman–Crippen MR) is 124 cm³/mol. The molecule has 7 nitrogen and oxygen atoms in total. The maximum Gasteiger partial charge on any atom is 0.216 e. The van der Waals surface area contributed by atoms with Crippen molar-refractivity contribution in [3.05, 3.63) is 64.7 Å². The summed E-state index contributed by atoms with van der Waals surface area (Å²) in [6.07, 6.45) is 6.34. The van der Waals surface area contributed by atoms with Crippen LogP contribution in [0.15, 0.2) is 53.6 Å². The summed E-state index contributed by atoms with van der Waals surface area (Å²) < 4.78 is 19.0. The molecule has 3 aromatic rings. The molecule has 3 rings (SSSR count). The van der Waals surface area contributed by atoms with Gasteiger partial charge in [-0.05, 0) is 54.5 Å². The lowest BCUT2D eigenvalue weighted by molar-refractivity contribution is 0.285. The first-order chi connectivity index (χ1) is 15.2. The van der Waals surface area contributed by atoms with Gasteiger partial charge in [-0.1, -0.05) is 44.4 Å². The minimum absolute atomic E-state index is 0.239. The Kier molecular flexibility index (Phi) is 8.66. The molecule has 0 unspecified atom stereocenters. The molecule has 0 aliphatic heterocycles. The van der Waals surface area contributed by atoms with Crippen molar-refractivity contribution in [1.29, 1.82) is 0 Å². The maximum absolute atomic E-state index is 5.87. The summed E-state index contributed by atoms with van der Waals surface area (Å²) in [5.41, 5.74) is 0.855. The molecular weight excluding hydrogens is 412 g/mol. The van der Waals surface area contributed by atoms with Crippen LogP contribution in [0, 0.1) is 4.77 Å². The zero-order valence-electron chi connectivity index (χ0n) is 17.9. The van der Waals surface area contributed by atoms with Crippen molar-refractivity contribution in [1.82, 2.24) is 14.9 Å². The number of aromatic amines is 1. The molecule has 0 amide bonds. The van der Waals surface area contributed by atoms with Crippen molar-refractivity contribution in [2.75, 3.05) is 13.7 Å². The van der Waals surface area contributed by atoms with E-state index in [1.807, 2.05) is 48.5 Å².